The first-order valence-electron chi connectivity index (χ1n) is 8.18. The number of rotatable bonds is 9. The van der Waals surface area contributed by atoms with Crippen LogP contribution in [0.2, 0.25) is 0 Å². The maximum Gasteiger partial charge on any atom is 0.283 e. The van der Waals surface area contributed by atoms with Gasteiger partial charge in [-0.1, -0.05) is 24.3 Å². The zero-order chi connectivity index (χ0) is 20.2. The summed E-state index contributed by atoms with van der Waals surface area (Å²) in [5, 5.41) is 0. The van der Waals surface area contributed by atoms with E-state index < -0.39 is 0 Å². The van der Waals surface area contributed by atoms with Crippen LogP contribution in [0.25, 0.3) is 11.1 Å². The smallest absolute Gasteiger partial charge is 0.283 e. The maximum atomic E-state index is 11.6. The van der Waals surface area contributed by atoms with E-state index in [0.29, 0.717) is 13.2 Å². The van der Waals surface area contributed by atoms with Crippen LogP contribution < -0.4 is 0 Å². The molecule has 0 aliphatic rings. The molecule has 4 nitrogen and oxygen atoms in total. The van der Waals surface area contributed by atoms with Crippen molar-refractivity contribution in [1.82, 2.24) is 0 Å². The van der Waals surface area contributed by atoms with Gasteiger partial charge in [0.15, 0.2) is 0 Å². The normalized spacial score (nSPS) is 10.8. The average Bonchev–Trinajstić information content (AvgIpc) is 2.74. The minimum atomic E-state index is -0.0694. The first kappa shape index (κ1) is 24.1. The van der Waals surface area contributed by atoms with Crippen LogP contribution >= 0.6 is 67.3 Å². The molecule has 0 fully saturated rings. The van der Waals surface area contributed by atoms with Crippen molar-refractivity contribution in [3.63, 3.8) is 0 Å². The summed E-state index contributed by atoms with van der Waals surface area (Å²) in [6.45, 7) is 4.72. The molecule has 0 atom stereocenters. The summed E-state index contributed by atoms with van der Waals surface area (Å²) >= 11 is 1.75. The van der Waals surface area contributed by atoms with Gasteiger partial charge in [0.2, 0.25) is 0 Å². The molecular weight excluding hydrogens is 473 g/mol. The second-order valence-electron chi connectivity index (χ2n) is 4.86. The third kappa shape index (κ3) is 9.08. The van der Waals surface area contributed by atoms with Gasteiger partial charge in [-0.3, -0.25) is 9.59 Å². The number of hydrogen-bond acceptors (Lipinski definition) is 10. The van der Waals surface area contributed by atoms with Crippen LogP contribution in [0.4, 0.5) is 9.59 Å². The summed E-state index contributed by atoms with van der Waals surface area (Å²) < 4.78 is 9.90. The Balaban J connectivity index is 1.84. The highest BCUT2D eigenvalue weighted by Gasteiger charge is 2.08. The van der Waals surface area contributed by atoms with Gasteiger partial charge in [0.1, 0.15) is 0 Å². The van der Waals surface area contributed by atoms with Crippen LogP contribution in [0.5, 0.6) is 0 Å². The monoisotopic (exact) mass is 490 g/mol. The van der Waals surface area contributed by atoms with Gasteiger partial charge in [-0.2, -0.15) is 0 Å². The van der Waals surface area contributed by atoms with Crippen LogP contribution in [0, 0.1) is 0 Å². The Kier molecular flexibility index (Phi) is 12.0. The minimum Gasteiger partial charge on any atom is -0.308 e. The summed E-state index contributed by atoms with van der Waals surface area (Å²) in [6, 6.07) is 16.1. The van der Waals surface area contributed by atoms with Crippen molar-refractivity contribution in [2.45, 2.75) is 23.6 Å². The quantitative estimate of drug-likeness (QED) is 0.253. The predicted octanol–water partition coefficient (Wildman–Crippen LogP) is 8.44. The topological polar surface area (TPSA) is 52.6 Å². The Hall–Kier alpha value is -0.200. The Morgan fingerprint density at radius 3 is 1.36 bits per heavy atom. The second kappa shape index (κ2) is 13.9. The molecule has 0 aliphatic carbocycles. The van der Waals surface area contributed by atoms with Crippen molar-refractivity contribution < 1.29 is 18.0 Å². The molecule has 0 heterocycles. The number of benzene rings is 2. The standard InChI is InChI=1S/C18H18O4S6/c1-3-21-23-17(19)27-25-15-9-5-13(6-10-15)14-7-11-16(12-8-14)26-28-18(20)24-22-4-2/h5-12H,3-4H2,1-2H3. The molecule has 0 bridgehead atoms. The van der Waals surface area contributed by atoms with E-state index in [0.717, 1.165) is 66.6 Å². The van der Waals surface area contributed by atoms with E-state index in [1.54, 1.807) is 0 Å². The largest absolute Gasteiger partial charge is 0.308 e. The summed E-state index contributed by atoms with van der Waals surface area (Å²) in [5.74, 6) is 0. The summed E-state index contributed by atoms with van der Waals surface area (Å²) in [6.07, 6.45) is 0. The number of carbonyl (C=O) groups is 2. The molecule has 150 valence electrons. The van der Waals surface area contributed by atoms with Gasteiger partial charge in [0, 0.05) is 31.4 Å². The van der Waals surface area contributed by atoms with E-state index in [2.05, 4.69) is 0 Å². The van der Waals surface area contributed by atoms with Gasteiger partial charge in [-0.25, -0.2) is 0 Å². The maximum absolute atomic E-state index is 11.6. The van der Waals surface area contributed by atoms with Crippen molar-refractivity contribution in [1.29, 1.82) is 0 Å². The zero-order valence-corrected chi connectivity index (χ0v) is 20.0. The highest BCUT2D eigenvalue weighted by molar-refractivity contribution is 8.86. The summed E-state index contributed by atoms with van der Waals surface area (Å²) in [4.78, 5) is 25.2. The van der Waals surface area contributed by atoms with Crippen molar-refractivity contribution in [2.75, 3.05) is 13.2 Å². The fourth-order valence-corrected chi connectivity index (χ4v) is 6.34. The molecule has 10 heteroatoms. The molecule has 0 aromatic heterocycles. The molecule has 28 heavy (non-hydrogen) atoms. The highest BCUT2D eigenvalue weighted by Crippen LogP contribution is 2.38. The molecule has 0 saturated heterocycles. The van der Waals surface area contributed by atoms with E-state index >= 15 is 0 Å². The molecular formula is C18H18O4S6. The van der Waals surface area contributed by atoms with E-state index in [1.807, 2.05) is 62.4 Å². The molecule has 2 aromatic rings. The van der Waals surface area contributed by atoms with Gasteiger partial charge >= 0.3 is 0 Å². The van der Waals surface area contributed by atoms with Crippen LogP contribution in [0.3, 0.4) is 0 Å². The van der Waals surface area contributed by atoms with Gasteiger partial charge in [-0.15, -0.1) is 0 Å². The molecule has 0 N–H and O–H groups in total. The number of hydrogen-bond donors (Lipinski definition) is 0. The zero-order valence-electron chi connectivity index (χ0n) is 15.1. The van der Waals surface area contributed by atoms with E-state index in [-0.39, 0.29) is 8.89 Å². The van der Waals surface area contributed by atoms with Crippen molar-refractivity contribution in [3.8, 4) is 11.1 Å². The molecule has 0 spiro atoms. The summed E-state index contributed by atoms with van der Waals surface area (Å²) in [7, 11) is 5.15. The summed E-state index contributed by atoms with van der Waals surface area (Å²) in [5.41, 5.74) is 2.19. The Morgan fingerprint density at radius 2 is 1.04 bits per heavy atom. The lowest BCUT2D eigenvalue weighted by molar-refractivity contribution is 0.274. The fourth-order valence-electron chi connectivity index (χ4n) is 1.81. The van der Waals surface area contributed by atoms with Gasteiger partial charge < -0.3 is 8.37 Å². The Morgan fingerprint density at radius 1 is 0.679 bits per heavy atom. The molecule has 0 amide bonds. The van der Waals surface area contributed by atoms with E-state index in [9.17, 15) is 9.59 Å². The van der Waals surface area contributed by atoms with Crippen LogP contribution in [-0.2, 0) is 8.37 Å². The molecule has 0 unspecified atom stereocenters. The van der Waals surface area contributed by atoms with Gasteiger partial charge in [-0.05, 0) is 70.8 Å². The van der Waals surface area contributed by atoms with Crippen molar-refractivity contribution in [3.05, 3.63) is 48.5 Å². The Bertz CT molecular complexity index is 686. The molecule has 2 rings (SSSR count). The third-order valence-corrected chi connectivity index (χ3v) is 9.39. The van der Waals surface area contributed by atoms with Crippen molar-refractivity contribution in [2.24, 2.45) is 0 Å². The fraction of sp³-hybridized carbons (Fsp3) is 0.222. The minimum absolute atomic E-state index is 0.0694. The highest BCUT2D eigenvalue weighted by atomic mass is 33.1. The van der Waals surface area contributed by atoms with Crippen LogP contribution in [-0.4, -0.2) is 22.1 Å². The lowest BCUT2D eigenvalue weighted by atomic mass is 10.1. The van der Waals surface area contributed by atoms with Crippen LogP contribution in [0.15, 0.2) is 58.3 Å². The third-order valence-electron chi connectivity index (χ3n) is 2.94. The first-order chi connectivity index (χ1) is 13.6. The van der Waals surface area contributed by atoms with E-state index in [4.69, 9.17) is 8.37 Å². The molecule has 0 radical (unpaired) electrons. The lowest BCUT2D eigenvalue weighted by Crippen LogP contribution is -1.83. The molecule has 0 aliphatic heterocycles. The molecule has 2 aromatic carbocycles. The van der Waals surface area contributed by atoms with E-state index in [1.165, 1.54) is 21.6 Å². The number of carbonyl (C=O) groups excluding carboxylic acids is 2. The SMILES string of the molecule is CCOSC(=O)SSc1ccc(-c2ccc(SSC(=O)SOCC)cc2)cc1. The lowest BCUT2D eigenvalue weighted by Gasteiger charge is -2.05. The van der Waals surface area contributed by atoms with Crippen LogP contribution in [0.1, 0.15) is 13.8 Å². The first-order valence-corrected chi connectivity index (χ1v) is 14.0. The Labute approximate surface area is 189 Å². The predicted molar refractivity (Wildman–Crippen MR) is 128 cm³/mol. The van der Waals surface area contributed by atoms with Gasteiger partial charge in [0.25, 0.3) is 8.89 Å². The second-order valence-corrected chi connectivity index (χ2v) is 11.3. The molecule has 0 saturated carbocycles. The van der Waals surface area contributed by atoms with Crippen molar-refractivity contribution >= 4 is 76.2 Å². The van der Waals surface area contributed by atoms with Gasteiger partial charge in [0.05, 0.1) is 37.3 Å². The average molecular weight is 491 g/mol.